The minimum atomic E-state index is -3.58. The Labute approximate surface area is 215 Å². The third-order valence-corrected chi connectivity index (χ3v) is 10.5. The van der Waals surface area contributed by atoms with Crippen molar-refractivity contribution in [2.75, 3.05) is 31.4 Å². The van der Waals surface area contributed by atoms with Crippen LogP contribution in [0.2, 0.25) is 0 Å². The number of hydrogen-bond donors (Lipinski definition) is 2. The van der Waals surface area contributed by atoms with E-state index in [2.05, 4.69) is 10.8 Å². The number of anilines is 1. The molecule has 2 aliphatic heterocycles. The highest BCUT2D eigenvalue weighted by atomic mass is 32.2. The molecule has 9 nitrogen and oxygen atoms in total. The summed E-state index contributed by atoms with van der Waals surface area (Å²) >= 11 is 1.36. The predicted octanol–water partition coefficient (Wildman–Crippen LogP) is 3.76. The van der Waals surface area contributed by atoms with E-state index in [4.69, 9.17) is 14.3 Å². The Hall–Kier alpha value is -2.31. The summed E-state index contributed by atoms with van der Waals surface area (Å²) in [5.74, 6) is -0.700. The largest absolute Gasteiger partial charge is 0.375 e. The fourth-order valence-electron chi connectivity index (χ4n) is 4.66. The Morgan fingerprint density at radius 1 is 1.14 bits per heavy atom. The van der Waals surface area contributed by atoms with E-state index < -0.39 is 26.8 Å². The Balaban J connectivity index is 1.55. The van der Waals surface area contributed by atoms with Gasteiger partial charge in [-0.15, -0.1) is 11.3 Å². The SMILES string of the molecule is COCC(=O)Nc1cccc(-c2ccc([C@@]3(CC(=O)NOC4CCCCO4)CCCCS3(=O)=O)s2)c1. The summed E-state index contributed by atoms with van der Waals surface area (Å²) in [6.45, 7) is 0.528. The normalized spacial score (nSPS) is 23.6. The van der Waals surface area contributed by atoms with Gasteiger partial charge in [0.05, 0.1) is 12.2 Å². The van der Waals surface area contributed by atoms with E-state index >= 15 is 0 Å². The van der Waals surface area contributed by atoms with Crippen molar-refractivity contribution >= 4 is 38.7 Å². The number of carbonyl (C=O) groups excluding carboxylic acids is 2. The van der Waals surface area contributed by atoms with Gasteiger partial charge >= 0.3 is 0 Å². The van der Waals surface area contributed by atoms with Gasteiger partial charge in [-0.2, -0.15) is 0 Å². The zero-order valence-electron chi connectivity index (χ0n) is 20.3. The molecule has 2 N–H and O–H groups in total. The van der Waals surface area contributed by atoms with Gasteiger partial charge in [0.1, 0.15) is 11.4 Å². The minimum absolute atomic E-state index is 0.0428. The monoisotopic (exact) mass is 536 g/mol. The maximum absolute atomic E-state index is 13.4. The van der Waals surface area contributed by atoms with Crippen LogP contribution < -0.4 is 10.8 Å². The molecular formula is C25H32N2O7S2. The molecule has 11 heteroatoms. The molecule has 1 unspecified atom stereocenters. The van der Waals surface area contributed by atoms with Gasteiger partial charge in [0.2, 0.25) is 11.8 Å². The number of hydroxylamine groups is 1. The first kappa shape index (κ1) is 26.7. The van der Waals surface area contributed by atoms with Crippen LogP contribution in [0.4, 0.5) is 5.69 Å². The van der Waals surface area contributed by atoms with Gasteiger partial charge in [-0.05, 0) is 55.5 Å². The number of rotatable bonds is 9. The number of nitrogens with one attached hydrogen (secondary N) is 2. The molecule has 4 rings (SSSR count). The Morgan fingerprint density at radius 3 is 2.75 bits per heavy atom. The van der Waals surface area contributed by atoms with Crippen LogP contribution >= 0.6 is 11.3 Å². The first-order valence-corrected chi connectivity index (χ1v) is 14.6. The molecule has 0 saturated carbocycles. The zero-order valence-corrected chi connectivity index (χ0v) is 21.9. The van der Waals surface area contributed by atoms with Gasteiger partial charge in [0, 0.05) is 35.6 Å². The second kappa shape index (κ2) is 11.8. The van der Waals surface area contributed by atoms with E-state index in [1.54, 1.807) is 12.1 Å². The molecule has 2 amide bonds. The van der Waals surface area contributed by atoms with Crippen molar-refractivity contribution in [1.29, 1.82) is 0 Å². The van der Waals surface area contributed by atoms with Crippen LogP contribution in [0.15, 0.2) is 36.4 Å². The fourth-order valence-corrected chi connectivity index (χ4v) is 8.44. The van der Waals surface area contributed by atoms with Crippen LogP contribution in [-0.4, -0.2) is 52.6 Å². The lowest BCUT2D eigenvalue weighted by molar-refractivity contribution is -0.200. The molecule has 2 saturated heterocycles. The average molecular weight is 537 g/mol. The summed E-state index contributed by atoms with van der Waals surface area (Å²) in [7, 11) is -2.13. The summed E-state index contributed by atoms with van der Waals surface area (Å²) in [6, 6.07) is 11.0. The van der Waals surface area contributed by atoms with Crippen LogP contribution in [0.5, 0.6) is 0 Å². The van der Waals surface area contributed by atoms with Crippen molar-refractivity contribution < 1.29 is 32.3 Å². The Kier molecular flexibility index (Phi) is 8.78. The van der Waals surface area contributed by atoms with E-state index in [0.717, 1.165) is 23.3 Å². The second-order valence-electron chi connectivity index (χ2n) is 9.11. The van der Waals surface area contributed by atoms with E-state index in [1.807, 2.05) is 24.3 Å². The highest BCUT2D eigenvalue weighted by Gasteiger charge is 2.49. The summed E-state index contributed by atoms with van der Waals surface area (Å²) in [4.78, 5) is 31.7. The topological polar surface area (TPSA) is 120 Å². The second-order valence-corrected chi connectivity index (χ2v) is 12.6. The van der Waals surface area contributed by atoms with E-state index in [9.17, 15) is 18.0 Å². The van der Waals surface area contributed by atoms with Gasteiger partial charge in [-0.3, -0.25) is 9.59 Å². The van der Waals surface area contributed by atoms with Gasteiger partial charge in [0.25, 0.3) is 0 Å². The van der Waals surface area contributed by atoms with Crippen LogP contribution in [-0.2, 0) is 38.5 Å². The summed E-state index contributed by atoms with van der Waals surface area (Å²) < 4.78 is 35.9. The van der Waals surface area contributed by atoms with Crippen LogP contribution in [0, 0.1) is 0 Å². The third-order valence-electron chi connectivity index (χ3n) is 6.49. The van der Waals surface area contributed by atoms with Crippen molar-refractivity contribution in [2.45, 2.75) is 56.0 Å². The van der Waals surface area contributed by atoms with Crippen molar-refractivity contribution in [3.63, 3.8) is 0 Å². The molecule has 36 heavy (non-hydrogen) atoms. The highest BCUT2D eigenvalue weighted by molar-refractivity contribution is 7.92. The van der Waals surface area contributed by atoms with E-state index in [1.165, 1.54) is 18.4 Å². The molecule has 2 aromatic rings. The third kappa shape index (κ3) is 6.15. The number of hydrogen-bond acceptors (Lipinski definition) is 8. The lowest BCUT2D eigenvalue weighted by atomic mass is 9.94. The lowest BCUT2D eigenvalue weighted by Gasteiger charge is -2.35. The molecule has 0 bridgehead atoms. The number of thiophene rings is 1. The Morgan fingerprint density at radius 2 is 2.00 bits per heavy atom. The van der Waals surface area contributed by atoms with Crippen molar-refractivity contribution in [1.82, 2.24) is 5.48 Å². The number of ether oxygens (including phenoxy) is 2. The molecule has 2 aliphatic rings. The van der Waals surface area contributed by atoms with Crippen LogP contribution in [0.25, 0.3) is 10.4 Å². The number of carbonyl (C=O) groups is 2. The molecule has 1 aromatic carbocycles. The minimum Gasteiger partial charge on any atom is -0.375 e. The van der Waals surface area contributed by atoms with Crippen molar-refractivity contribution in [2.24, 2.45) is 0 Å². The summed E-state index contributed by atoms with van der Waals surface area (Å²) in [6.07, 6.45) is 3.54. The van der Waals surface area contributed by atoms with Gasteiger partial charge < -0.3 is 14.8 Å². The number of methoxy groups -OCH3 is 1. The molecule has 0 spiro atoms. The molecule has 2 atom stereocenters. The molecule has 196 valence electrons. The first-order chi connectivity index (χ1) is 17.3. The van der Waals surface area contributed by atoms with Crippen LogP contribution in [0.3, 0.4) is 0 Å². The van der Waals surface area contributed by atoms with Gasteiger partial charge in [0.15, 0.2) is 16.1 Å². The molecule has 3 heterocycles. The highest BCUT2D eigenvalue weighted by Crippen LogP contribution is 2.47. The Bertz CT molecular complexity index is 1170. The van der Waals surface area contributed by atoms with Gasteiger partial charge in [-0.25, -0.2) is 18.7 Å². The van der Waals surface area contributed by atoms with Crippen molar-refractivity contribution in [3.8, 4) is 10.4 Å². The molecule has 0 radical (unpaired) electrons. The maximum atomic E-state index is 13.4. The fraction of sp³-hybridized carbons (Fsp3) is 0.520. The van der Waals surface area contributed by atoms with Gasteiger partial charge in [-0.1, -0.05) is 18.6 Å². The predicted molar refractivity (Wildman–Crippen MR) is 137 cm³/mol. The molecular weight excluding hydrogens is 504 g/mol. The standard InChI is InChI=1S/C25H32N2O7S2/c1-32-17-23(29)26-19-8-6-7-18(15-19)20-10-11-21(35-20)25(12-3-5-14-36(25,30)31)16-22(28)27-34-24-9-2-4-13-33-24/h6-8,10-11,15,24H,2-5,9,12-14,16-17H2,1H3,(H,26,29)(H,27,28)/t24?,25-/m0/s1. The first-order valence-electron chi connectivity index (χ1n) is 12.1. The molecule has 1 aromatic heterocycles. The van der Waals surface area contributed by atoms with Crippen LogP contribution in [0.1, 0.15) is 49.8 Å². The maximum Gasteiger partial charge on any atom is 0.250 e. The zero-order chi connectivity index (χ0) is 25.6. The number of amides is 2. The quantitative estimate of drug-likeness (QED) is 0.468. The average Bonchev–Trinajstić information content (AvgIpc) is 3.36. The number of benzene rings is 1. The molecule has 0 aliphatic carbocycles. The molecule has 2 fully saturated rings. The number of sulfone groups is 1. The summed E-state index contributed by atoms with van der Waals surface area (Å²) in [5, 5.41) is 2.78. The van der Waals surface area contributed by atoms with E-state index in [0.29, 0.717) is 42.9 Å². The lowest BCUT2D eigenvalue weighted by Crippen LogP contribution is -2.45. The van der Waals surface area contributed by atoms with E-state index in [-0.39, 0.29) is 24.7 Å². The smallest absolute Gasteiger partial charge is 0.250 e. The van der Waals surface area contributed by atoms with Crippen molar-refractivity contribution in [3.05, 3.63) is 41.3 Å². The summed E-state index contributed by atoms with van der Waals surface area (Å²) in [5.41, 5.74) is 3.89.